The van der Waals surface area contributed by atoms with E-state index in [9.17, 15) is 4.79 Å². The summed E-state index contributed by atoms with van der Waals surface area (Å²) < 4.78 is 0. The number of rotatable bonds is 0. The molecule has 0 aromatic carbocycles. The van der Waals surface area contributed by atoms with E-state index in [4.69, 9.17) is 6.42 Å². The molecule has 1 nitrogen and oxygen atoms in total. The van der Waals surface area contributed by atoms with Crippen LogP contribution in [0.2, 0.25) is 0 Å². The van der Waals surface area contributed by atoms with Crippen LogP contribution in [0.25, 0.3) is 0 Å². The molecular weight excluding hydrogens is 204 g/mol. The molecule has 0 aliphatic heterocycles. The van der Waals surface area contributed by atoms with Crippen molar-refractivity contribution in [1.29, 1.82) is 0 Å². The Morgan fingerprint density at radius 2 is 1.82 bits per heavy atom. The Bertz CT molecular complexity index is 138. The summed E-state index contributed by atoms with van der Waals surface area (Å²) in [4.78, 5) is 10.5. The van der Waals surface area contributed by atoms with Crippen molar-refractivity contribution in [3.8, 4) is 12.3 Å². The van der Waals surface area contributed by atoms with Crippen molar-refractivity contribution in [1.82, 2.24) is 0 Å². The molecule has 1 fully saturated rings. The summed E-state index contributed by atoms with van der Waals surface area (Å²) >= 11 is 3.01. The molecule has 1 aliphatic carbocycles. The molecule has 0 spiro atoms. The predicted octanol–water partition coefficient (Wildman–Crippen LogP) is 2.53. The van der Waals surface area contributed by atoms with Gasteiger partial charge < -0.3 is 0 Å². The summed E-state index contributed by atoms with van der Waals surface area (Å²) in [6.45, 7) is 0. The number of terminal acetylenes is 1. The van der Waals surface area contributed by atoms with E-state index in [0.29, 0.717) is 11.1 Å². The summed E-state index contributed by atoms with van der Waals surface area (Å²) in [6.07, 6.45) is 9.97. The van der Waals surface area contributed by atoms with Crippen LogP contribution in [-0.2, 0) is 4.79 Å². The molecule has 0 heterocycles. The van der Waals surface area contributed by atoms with Crippen LogP contribution in [0.1, 0.15) is 32.1 Å². The molecule has 1 rings (SSSR count). The van der Waals surface area contributed by atoms with Crippen molar-refractivity contribution in [2.45, 2.75) is 32.1 Å². The normalized spacial score (nSPS) is 16.2. The van der Waals surface area contributed by atoms with Crippen LogP contribution in [0, 0.1) is 12.3 Å². The molecule has 11 heavy (non-hydrogen) atoms. The van der Waals surface area contributed by atoms with Crippen molar-refractivity contribution in [3.05, 3.63) is 0 Å². The van der Waals surface area contributed by atoms with E-state index in [0.717, 1.165) is 25.7 Å². The number of alkyl halides is 1. The average molecular weight is 217 g/mol. The number of halogens is 1. The molecule has 0 atom stereocenters. The Morgan fingerprint density at radius 3 is 2.00 bits per heavy atom. The molecule has 2 heteroatoms. The van der Waals surface area contributed by atoms with Gasteiger partial charge in [-0.1, -0.05) is 28.3 Å². The van der Waals surface area contributed by atoms with Crippen molar-refractivity contribution in [3.63, 3.8) is 0 Å². The van der Waals surface area contributed by atoms with Crippen molar-refractivity contribution in [2.75, 3.05) is 5.33 Å². The van der Waals surface area contributed by atoms with Crippen molar-refractivity contribution < 1.29 is 4.79 Å². The van der Waals surface area contributed by atoms with Gasteiger partial charge in [-0.3, -0.25) is 4.79 Å². The molecule has 0 radical (unpaired) electrons. The van der Waals surface area contributed by atoms with Gasteiger partial charge in [-0.05, 0) is 12.8 Å². The van der Waals surface area contributed by atoms with E-state index in [1.165, 1.54) is 6.42 Å². The summed E-state index contributed by atoms with van der Waals surface area (Å²) in [6, 6.07) is 0. The van der Waals surface area contributed by atoms with Crippen LogP contribution in [-0.4, -0.2) is 11.1 Å². The van der Waals surface area contributed by atoms with Gasteiger partial charge in [0, 0.05) is 12.8 Å². The SMILES string of the molecule is C#CCBr.O=C1CCCCC1. The van der Waals surface area contributed by atoms with E-state index in [2.05, 4.69) is 21.9 Å². The third kappa shape index (κ3) is 7.61. The Labute approximate surface area is 76.7 Å². The molecule has 0 saturated heterocycles. The zero-order valence-electron chi connectivity index (χ0n) is 6.61. The van der Waals surface area contributed by atoms with E-state index >= 15 is 0 Å². The van der Waals surface area contributed by atoms with Crippen LogP contribution < -0.4 is 0 Å². The molecule has 0 aromatic rings. The van der Waals surface area contributed by atoms with Gasteiger partial charge in [0.2, 0.25) is 0 Å². The summed E-state index contributed by atoms with van der Waals surface area (Å²) in [5, 5.41) is 0.660. The lowest BCUT2D eigenvalue weighted by molar-refractivity contribution is -0.120. The average Bonchev–Trinajstić information content (AvgIpc) is 2.07. The van der Waals surface area contributed by atoms with Gasteiger partial charge in [0.25, 0.3) is 0 Å². The molecule has 1 aliphatic rings. The number of Topliss-reactive ketones (excluding diaryl/α,β-unsaturated/α-hetero) is 1. The van der Waals surface area contributed by atoms with E-state index < -0.39 is 0 Å². The van der Waals surface area contributed by atoms with Gasteiger partial charge in [0.15, 0.2) is 0 Å². The lowest BCUT2D eigenvalue weighted by Gasteiger charge is -2.05. The van der Waals surface area contributed by atoms with E-state index in [-0.39, 0.29) is 0 Å². The first-order valence-corrected chi connectivity index (χ1v) is 4.94. The minimum atomic E-state index is 0.464. The monoisotopic (exact) mass is 216 g/mol. The lowest BCUT2D eigenvalue weighted by Crippen LogP contribution is -2.02. The summed E-state index contributed by atoms with van der Waals surface area (Å²) in [5.74, 6) is 2.81. The fourth-order valence-corrected chi connectivity index (χ4v) is 0.946. The van der Waals surface area contributed by atoms with Gasteiger partial charge in [-0.25, -0.2) is 0 Å². The third-order valence-electron chi connectivity index (χ3n) is 1.49. The van der Waals surface area contributed by atoms with Gasteiger partial charge >= 0.3 is 0 Å². The first-order valence-electron chi connectivity index (χ1n) is 3.82. The van der Waals surface area contributed by atoms with E-state index in [1.807, 2.05) is 0 Å². The molecule has 0 unspecified atom stereocenters. The highest BCUT2D eigenvalue weighted by atomic mass is 79.9. The maximum atomic E-state index is 10.5. The van der Waals surface area contributed by atoms with Crippen LogP contribution >= 0.6 is 15.9 Å². The highest BCUT2D eigenvalue weighted by molar-refractivity contribution is 9.09. The van der Waals surface area contributed by atoms with Gasteiger partial charge in [-0.15, -0.1) is 6.42 Å². The minimum Gasteiger partial charge on any atom is -0.300 e. The zero-order valence-corrected chi connectivity index (χ0v) is 8.19. The summed E-state index contributed by atoms with van der Waals surface area (Å²) in [7, 11) is 0. The maximum absolute atomic E-state index is 10.5. The number of carbonyl (C=O) groups excluding carboxylic acids is 1. The second kappa shape index (κ2) is 7.81. The standard InChI is InChI=1S/C6H10O.C3H3Br/c7-6-4-2-1-3-5-6;1-2-3-4/h1-5H2;1H,3H2. The minimum absolute atomic E-state index is 0.464. The van der Waals surface area contributed by atoms with Crippen molar-refractivity contribution >= 4 is 21.7 Å². The van der Waals surface area contributed by atoms with Crippen LogP contribution in [0.15, 0.2) is 0 Å². The fourth-order valence-electron chi connectivity index (χ4n) is 0.946. The van der Waals surface area contributed by atoms with Crippen LogP contribution in [0.3, 0.4) is 0 Å². The third-order valence-corrected chi connectivity index (χ3v) is 1.81. The molecule has 0 aromatic heterocycles. The molecular formula is C9H13BrO. The van der Waals surface area contributed by atoms with E-state index in [1.54, 1.807) is 0 Å². The smallest absolute Gasteiger partial charge is 0.132 e. The Kier molecular flexibility index (Phi) is 7.61. The second-order valence-electron chi connectivity index (χ2n) is 2.44. The van der Waals surface area contributed by atoms with Crippen LogP contribution in [0.4, 0.5) is 0 Å². The van der Waals surface area contributed by atoms with Crippen LogP contribution in [0.5, 0.6) is 0 Å². The number of ketones is 1. The van der Waals surface area contributed by atoms with Gasteiger partial charge in [0.05, 0.1) is 5.33 Å². The lowest BCUT2D eigenvalue weighted by atomic mass is 10.00. The predicted molar refractivity (Wildman–Crippen MR) is 50.7 cm³/mol. The number of hydrogen-bond donors (Lipinski definition) is 0. The molecule has 62 valence electrons. The molecule has 1 saturated carbocycles. The number of carbonyl (C=O) groups is 1. The second-order valence-corrected chi connectivity index (χ2v) is 3.00. The fraction of sp³-hybridized carbons (Fsp3) is 0.667. The highest BCUT2D eigenvalue weighted by Gasteiger charge is 2.05. The topological polar surface area (TPSA) is 17.1 Å². The zero-order chi connectivity index (χ0) is 8.53. The molecule has 0 N–H and O–H groups in total. The molecule has 0 amide bonds. The van der Waals surface area contributed by atoms with Crippen molar-refractivity contribution in [2.24, 2.45) is 0 Å². The first kappa shape index (κ1) is 10.7. The Hall–Kier alpha value is -0.290. The Morgan fingerprint density at radius 1 is 1.36 bits per heavy atom. The summed E-state index contributed by atoms with van der Waals surface area (Å²) in [5.41, 5.74) is 0. The molecule has 0 bridgehead atoms. The first-order chi connectivity index (χ1) is 5.31. The number of hydrogen-bond acceptors (Lipinski definition) is 1. The largest absolute Gasteiger partial charge is 0.300 e. The highest BCUT2D eigenvalue weighted by Crippen LogP contribution is 2.12. The quantitative estimate of drug-likeness (QED) is 0.450. The van der Waals surface area contributed by atoms with Gasteiger partial charge in [-0.2, -0.15) is 0 Å². The van der Waals surface area contributed by atoms with Gasteiger partial charge in [0.1, 0.15) is 5.78 Å². The Balaban J connectivity index is 0.000000218. The maximum Gasteiger partial charge on any atom is 0.132 e.